The van der Waals surface area contributed by atoms with Gasteiger partial charge in [-0.1, -0.05) is 0 Å². The SMILES string of the molecule is N#CC1CCCN1C(=O)CNC1CCC(CN2CCCC2C(N)=O)C1. The van der Waals surface area contributed by atoms with Crippen LogP contribution in [0.4, 0.5) is 0 Å². The van der Waals surface area contributed by atoms with E-state index >= 15 is 0 Å². The minimum absolute atomic E-state index is 0.0424. The summed E-state index contributed by atoms with van der Waals surface area (Å²) < 4.78 is 0. The molecule has 4 atom stereocenters. The lowest BCUT2D eigenvalue weighted by Gasteiger charge is -2.25. The summed E-state index contributed by atoms with van der Waals surface area (Å²) in [7, 11) is 0. The van der Waals surface area contributed by atoms with Crippen molar-refractivity contribution in [2.75, 3.05) is 26.2 Å². The molecule has 7 nitrogen and oxygen atoms in total. The number of nitrogens with two attached hydrogens (primary N) is 1. The van der Waals surface area contributed by atoms with Gasteiger partial charge in [0.2, 0.25) is 11.8 Å². The Morgan fingerprint density at radius 3 is 2.72 bits per heavy atom. The van der Waals surface area contributed by atoms with Gasteiger partial charge in [-0.15, -0.1) is 0 Å². The summed E-state index contributed by atoms with van der Waals surface area (Å²) in [4.78, 5) is 27.8. The number of primary amides is 1. The molecule has 2 amide bonds. The number of likely N-dealkylation sites (tertiary alicyclic amines) is 2. The lowest BCUT2D eigenvalue weighted by Crippen LogP contribution is -2.43. The first-order valence-corrected chi connectivity index (χ1v) is 9.54. The highest BCUT2D eigenvalue weighted by atomic mass is 16.2. The highest BCUT2D eigenvalue weighted by Crippen LogP contribution is 2.29. The van der Waals surface area contributed by atoms with Crippen molar-refractivity contribution in [3.8, 4) is 6.07 Å². The fourth-order valence-electron chi connectivity index (χ4n) is 4.66. The van der Waals surface area contributed by atoms with Crippen LogP contribution in [0.3, 0.4) is 0 Å². The maximum absolute atomic E-state index is 12.3. The first-order chi connectivity index (χ1) is 12.1. The number of hydrogen-bond acceptors (Lipinski definition) is 5. The predicted molar refractivity (Wildman–Crippen MR) is 93.3 cm³/mol. The second-order valence-corrected chi connectivity index (χ2v) is 7.69. The van der Waals surface area contributed by atoms with Crippen molar-refractivity contribution in [1.82, 2.24) is 15.1 Å². The number of amides is 2. The number of hydrogen-bond donors (Lipinski definition) is 2. The summed E-state index contributed by atoms with van der Waals surface area (Å²) in [6.07, 6.45) is 6.88. The van der Waals surface area contributed by atoms with Crippen molar-refractivity contribution in [1.29, 1.82) is 5.26 Å². The van der Waals surface area contributed by atoms with Crippen molar-refractivity contribution < 1.29 is 9.59 Å². The van der Waals surface area contributed by atoms with E-state index in [2.05, 4.69) is 16.3 Å². The van der Waals surface area contributed by atoms with Crippen LogP contribution in [0.25, 0.3) is 0 Å². The molecule has 0 aromatic carbocycles. The molecular formula is C18H29N5O2. The third-order valence-corrected chi connectivity index (χ3v) is 5.99. The number of nitriles is 1. The highest BCUT2D eigenvalue weighted by molar-refractivity contribution is 5.80. The van der Waals surface area contributed by atoms with Crippen molar-refractivity contribution >= 4 is 11.8 Å². The highest BCUT2D eigenvalue weighted by Gasteiger charge is 2.34. The first kappa shape index (κ1) is 18.2. The van der Waals surface area contributed by atoms with Gasteiger partial charge in [0.1, 0.15) is 6.04 Å². The first-order valence-electron chi connectivity index (χ1n) is 9.54. The molecule has 3 aliphatic rings. The third-order valence-electron chi connectivity index (χ3n) is 5.99. The van der Waals surface area contributed by atoms with E-state index in [1.807, 2.05) is 0 Å². The Hall–Kier alpha value is -1.65. The second kappa shape index (κ2) is 8.15. The predicted octanol–water partition coefficient (Wildman–Crippen LogP) is 0.209. The fraction of sp³-hybridized carbons (Fsp3) is 0.833. The summed E-state index contributed by atoms with van der Waals surface area (Å²) in [5.74, 6) is 0.403. The lowest BCUT2D eigenvalue weighted by atomic mass is 10.1. The molecule has 4 unspecified atom stereocenters. The van der Waals surface area contributed by atoms with Gasteiger partial charge in [-0.3, -0.25) is 14.5 Å². The van der Waals surface area contributed by atoms with Gasteiger partial charge in [0.05, 0.1) is 18.7 Å². The van der Waals surface area contributed by atoms with Crippen LogP contribution in [0.2, 0.25) is 0 Å². The molecular weight excluding hydrogens is 318 g/mol. The van der Waals surface area contributed by atoms with Crippen LogP contribution in [0.15, 0.2) is 0 Å². The molecule has 1 aliphatic carbocycles. The van der Waals surface area contributed by atoms with Crippen molar-refractivity contribution in [3.63, 3.8) is 0 Å². The van der Waals surface area contributed by atoms with Crippen molar-refractivity contribution in [2.45, 2.75) is 63.1 Å². The quantitative estimate of drug-likeness (QED) is 0.715. The molecule has 25 heavy (non-hydrogen) atoms. The Bertz CT molecular complexity index is 546. The topological polar surface area (TPSA) is 102 Å². The molecule has 0 aromatic rings. The molecule has 7 heteroatoms. The number of carbonyl (C=O) groups is 2. The van der Waals surface area contributed by atoms with Gasteiger partial charge in [-0.2, -0.15) is 5.26 Å². The molecule has 2 aliphatic heterocycles. The number of nitrogens with one attached hydrogen (secondary N) is 1. The van der Waals surface area contributed by atoms with Crippen LogP contribution in [0, 0.1) is 17.2 Å². The lowest BCUT2D eigenvalue weighted by molar-refractivity contribution is -0.130. The second-order valence-electron chi connectivity index (χ2n) is 7.69. The Labute approximate surface area is 149 Å². The summed E-state index contributed by atoms with van der Waals surface area (Å²) in [6, 6.07) is 2.24. The van der Waals surface area contributed by atoms with Crippen LogP contribution in [0.1, 0.15) is 44.9 Å². The average molecular weight is 347 g/mol. The summed E-state index contributed by atoms with van der Waals surface area (Å²) in [5, 5.41) is 12.5. The molecule has 2 heterocycles. The normalized spacial score (nSPS) is 32.8. The number of carbonyl (C=O) groups excluding carboxylic acids is 2. The minimum atomic E-state index is -0.244. The number of rotatable bonds is 6. The van der Waals surface area contributed by atoms with E-state index in [1.54, 1.807) is 4.90 Å². The van der Waals surface area contributed by atoms with Crippen LogP contribution < -0.4 is 11.1 Å². The Balaban J connectivity index is 1.40. The van der Waals surface area contributed by atoms with E-state index in [-0.39, 0.29) is 23.9 Å². The van der Waals surface area contributed by atoms with Crippen LogP contribution in [-0.2, 0) is 9.59 Å². The Morgan fingerprint density at radius 2 is 1.96 bits per heavy atom. The van der Waals surface area contributed by atoms with E-state index in [1.165, 1.54) is 0 Å². The largest absolute Gasteiger partial charge is 0.368 e. The summed E-state index contributed by atoms with van der Waals surface area (Å²) >= 11 is 0. The molecule has 1 saturated carbocycles. The van der Waals surface area contributed by atoms with Gasteiger partial charge in [0, 0.05) is 19.1 Å². The van der Waals surface area contributed by atoms with Crippen LogP contribution >= 0.6 is 0 Å². The fourth-order valence-corrected chi connectivity index (χ4v) is 4.66. The van der Waals surface area contributed by atoms with E-state index in [0.29, 0.717) is 25.0 Å². The summed E-state index contributed by atoms with van der Waals surface area (Å²) in [6.45, 7) is 2.92. The van der Waals surface area contributed by atoms with Crippen molar-refractivity contribution in [3.05, 3.63) is 0 Å². The van der Waals surface area contributed by atoms with Crippen molar-refractivity contribution in [2.24, 2.45) is 11.7 Å². The van der Waals surface area contributed by atoms with E-state index in [4.69, 9.17) is 11.0 Å². The standard InChI is InChI=1S/C18H29N5O2/c19-10-15-3-1-8-23(15)17(24)11-21-14-6-5-13(9-14)12-22-7-2-4-16(22)18(20)25/h13-16,21H,1-9,11-12H2,(H2,20,25). The average Bonchev–Trinajstić information content (AvgIpc) is 3.33. The zero-order chi connectivity index (χ0) is 17.8. The molecule has 0 aromatic heterocycles. The van der Waals surface area contributed by atoms with Crippen LogP contribution in [-0.4, -0.2) is 65.9 Å². The molecule has 3 N–H and O–H groups in total. The molecule has 3 rings (SSSR count). The van der Waals surface area contributed by atoms with E-state index < -0.39 is 0 Å². The summed E-state index contributed by atoms with van der Waals surface area (Å²) in [5.41, 5.74) is 5.50. The maximum atomic E-state index is 12.3. The molecule has 0 spiro atoms. The molecule has 2 saturated heterocycles. The molecule has 138 valence electrons. The van der Waals surface area contributed by atoms with Gasteiger partial charge >= 0.3 is 0 Å². The molecule has 0 radical (unpaired) electrons. The molecule has 3 fully saturated rings. The van der Waals surface area contributed by atoms with Gasteiger partial charge in [-0.25, -0.2) is 0 Å². The Morgan fingerprint density at radius 1 is 1.16 bits per heavy atom. The van der Waals surface area contributed by atoms with Gasteiger partial charge in [-0.05, 0) is 57.4 Å². The monoisotopic (exact) mass is 347 g/mol. The molecule has 0 bridgehead atoms. The zero-order valence-electron chi connectivity index (χ0n) is 14.8. The maximum Gasteiger partial charge on any atom is 0.237 e. The Kier molecular flexibility index (Phi) is 5.92. The number of nitrogens with zero attached hydrogens (tertiary/aromatic N) is 3. The zero-order valence-corrected chi connectivity index (χ0v) is 14.8. The van der Waals surface area contributed by atoms with Gasteiger partial charge in [0.15, 0.2) is 0 Å². The van der Waals surface area contributed by atoms with E-state index in [0.717, 1.165) is 58.0 Å². The van der Waals surface area contributed by atoms with Gasteiger partial charge < -0.3 is 16.0 Å². The van der Waals surface area contributed by atoms with Crippen LogP contribution in [0.5, 0.6) is 0 Å². The third kappa shape index (κ3) is 4.31. The smallest absolute Gasteiger partial charge is 0.237 e. The van der Waals surface area contributed by atoms with Gasteiger partial charge in [0.25, 0.3) is 0 Å². The minimum Gasteiger partial charge on any atom is -0.368 e. The van der Waals surface area contributed by atoms with E-state index in [9.17, 15) is 9.59 Å².